The molecule has 2 rings (SSSR count). The molecule has 1 fully saturated rings. The second-order valence-electron chi connectivity index (χ2n) is 5.56. The van der Waals surface area contributed by atoms with E-state index in [1.165, 1.54) is 0 Å². The molecule has 0 bridgehead atoms. The summed E-state index contributed by atoms with van der Waals surface area (Å²) in [6.07, 6.45) is 0.828. The Labute approximate surface area is 129 Å². The summed E-state index contributed by atoms with van der Waals surface area (Å²) in [6, 6.07) is 3.59. The van der Waals surface area contributed by atoms with Crippen LogP contribution in [0.5, 0.6) is 0 Å². The molecule has 0 aliphatic carbocycles. The van der Waals surface area contributed by atoms with Crippen molar-refractivity contribution in [3.05, 3.63) is 27.7 Å². The van der Waals surface area contributed by atoms with Crippen LogP contribution in [0.2, 0.25) is 0 Å². The van der Waals surface area contributed by atoms with Gasteiger partial charge in [-0.25, -0.2) is 13.1 Å². The van der Waals surface area contributed by atoms with Crippen molar-refractivity contribution >= 4 is 26.0 Å². The van der Waals surface area contributed by atoms with Gasteiger partial charge in [-0.1, -0.05) is 22.9 Å². The van der Waals surface area contributed by atoms with Gasteiger partial charge in [0.15, 0.2) is 0 Å². The molecule has 2 atom stereocenters. The molecule has 0 saturated carbocycles. The summed E-state index contributed by atoms with van der Waals surface area (Å²) in [5.74, 6) is 0.301. The minimum Gasteiger partial charge on any atom is -0.316 e. The van der Waals surface area contributed by atoms with Crippen molar-refractivity contribution < 1.29 is 8.42 Å². The van der Waals surface area contributed by atoms with E-state index >= 15 is 0 Å². The molecule has 1 heterocycles. The molecule has 20 heavy (non-hydrogen) atoms. The van der Waals surface area contributed by atoms with Gasteiger partial charge in [0.1, 0.15) is 0 Å². The summed E-state index contributed by atoms with van der Waals surface area (Å²) in [7, 11) is -3.46. The van der Waals surface area contributed by atoms with E-state index < -0.39 is 10.0 Å². The summed E-state index contributed by atoms with van der Waals surface area (Å²) in [6.45, 7) is 7.50. The first-order valence-electron chi connectivity index (χ1n) is 6.81. The molecule has 1 aliphatic heterocycles. The molecule has 0 radical (unpaired) electrons. The Hall–Kier alpha value is -0.430. The molecule has 1 aromatic carbocycles. The van der Waals surface area contributed by atoms with Gasteiger partial charge in [-0.15, -0.1) is 0 Å². The van der Waals surface area contributed by atoms with Gasteiger partial charge in [0.2, 0.25) is 10.0 Å². The van der Waals surface area contributed by atoms with Gasteiger partial charge in [0.25, 0.3) is 0 Å². The van der Waals surface area contributed by atoms with E-state index in [2.05, 4.69) is 32.9 Å². The quantitative estimate of drug-likeness (QED) is 0.869. The number of hydrogen-bond acceptors (Lipinski definition) is 3. The Kier molecular flexibility index (Phi) is 4.89. The molecule has 6 heteroatoms. The van der Waals surface area contributed by atoms with E-state index in [1.807, 2.05) is 19.9 Å². The maximum Gasteiger partial charge on any atom is 0.241 e. The third-order valence-corrected chi connectivity index (χ3v) is 6.32. The van der Waals surface area contributed by atoms with Crippen LogP contribution >= 0.6 is 15.9 Å². The summed E-state index contributed by atoms with van der Waals surface area (Å²) in [4.78, 5) is 0.379. The third kappa shape index (κ3) is 3.42. The number of aryl methyl sites for hydroxylation is 2. The number of rotatable bonds is 3. The van der Waals surface area contributed by atoms with Crippen LogP contribution in [-0.2, 0) is 10.0 Å². The molecule has 0 spiro atoms. The Bertz CT molecular complexity index is 601. The first-order valence-corrected chi connectivity index (χ1v) is 9.08. The van der Waals surface area contributed by atoms with E-state index in [0.29, 0.717) is 10.8 Å². The van der Waals surface area contributed by atoms with Gasteiger partial charge < -0.3 is 5.32 Å². The Morgan fingerprint density at radius 3 is 2.65 bits per heavy atom. The maximum absolute atomic E-state index is 12.6. The topological polar surface area (TPSA) is 58.2 Å². The van der Waals surface area contributed by atoms with E-state index in [9.17, 15) is 8.42 Å². The summed E-state index contributed by atoms with van der Waals surface area (Å²) < 4.78 is 29.0. The van der Waals surface area contributed by atoms with Crippen LogP contribution in [0.15, 0.2) is 21.5 Å². The fourth-order valence-corrected chi connectivity index (χ4v) is 4.64. The molecule has 0 aromatic heterocycles. The summed E-state index contributed by atoms with van der Waals surface area (Å²) in [5.41, 5.74) is 1.69. The van der Waals surface area contributed by atoms with Crippen LogP contribution in [-0.4, -0.2) is 27.5 Å². The monoisotopic (exact) mass is 360 g/mol. The maximum atomic E-state index is 12.6. The van der Waals surface area contributed by atoms with E-state index in [0.717, 1.165) is 35.1 Å². The van der Waals surface area contributed by atoms with Gasteiger partial charge in [-0.05, 0) is 62.5 Å². The lowest BCUT2D eigenvalue weighted by atomic mass is 9.97. The van der Waals surface area contributed by atoms with Crippen molar-refractivity contribution in [1.29, 1.82) is 0 Å². The molecule has 2 N–H and O–H groups in total. The number of nitrogens with one attached hydrogen (secondary N) is 2. The normalized spacial score (nSPS) is 23.8. The zero-order valence-electron chi connectivity index (χ0n) is 12.0. The van der Waals surface area contributed by atoms with Crippen LogP contribution in [0, 0.1) is 19.8 Å². The van der Waals surface area contributed by atoms with E-state index in [-0.39, 0.29) is 6.04 Å². The van der Waals surface area contributed by atoms with Crippen LogP contribution < -0.4 is 10.0 Å². The van der Waals surface area contributed by atoms with Gasteiger partial charge >= 0.3 is 0 Å². The second-order valence-corrected chi connectivity index (χ2v) is 8.10. The Morgan fingerprint density at radius 1 is 1.30 bits per heavy atom. The van der Waals surface area contributed by atoms with Crippen LogP contribution in [0.25, 0.3) is 0 Å². The van der Waals surface area contributed by atoms with Crippen LogP contribution in [0.3, 0.4) is 0 Å². The first kappa shape index (κ1) is 15.9. The number of benzene rings is 1. The van der Waals surface area contributed by atoms with E-state index in [4.69, 9.17) is 0 Å². The largest absolute Gasteiger partial charge is 0.316 e. The predicted octanol–water partition coefficient (Wildman–Crippen LogP) is 2.34. The number of halogens is 1. The summed E-state index contributed by atoms with van der Waals surface area (Å²) in [5, 5.41) is 3.28. The molecule has 4 nitrogen and oxygen atoms in total. The van der Waals surface area contributed by atoms with Gasteiger partial charge in [0, 0.05) is 10.5 Å². The SMILES string of the molecule is Cc1cc(S(=O)(=O)NC2CCNCC2C)c(C)cc1Br. The highest BCUT2D eigenvalue weighted by molar-refractivity contribution is 9.10. The predicted molar refractivity (Wildman–Crippen MR) is 84.4 cm³/mol. The summed E-state index contributed by atoms with van der Waals surface area (Å²) >= 11 is 3.43. The lowest BCUT2D eigenvalue weighted by molar-refractivity contribution is 0.328. The zero-order valence-corrected chi connectivity index (χ0v) is 14.4. The molecule has 1 saturated heterocycles. The second kappa shape index (κ2) is 6.13. The average Bonchev–Trinajstić information content (AvgIpc) is 2.36. The Morgan fingerprint density at radius 2 is 2.00 bits per heavy atom. The molecule has 1 aliphatic rings. The molecular formula is C14H21BrN2O2S. The number of hydrogen-bond donors (Lipinski definition) is 2. The standard InChI is InChI=1S/C14H21BrN2O2S/c1-9-7-14(10(2)6-12(9)15)20(18,19)17-13-4-5-16-8-11(13)3/h6-7,11,13,16-17H,4-5,8H2,1-3H3. The van der Waals surface area contributed by atoms with Crippen molar-refractivity contribution in [1.82, 2.24) is 10.0 Å². The fraction of sp³-hybridized carbons (Fsp3) is 0.571. The zero-order chi connectivity index (χ0) is 14.9. The minimum absolute atomic E-state index is 0.00426. The van der Waals surface area contributed by atoms with Crippen LogP contribution in [0.1, 0.15) is 24.5 Å². The third-order valence-electron chi connectivity index (χ3n) is 3.84. The van der Waals surface area contributed by atoms with Crippen molar-refractivity contribution in [3.63, 3.8) is 0 Å². The highest BCUT2D eigenvalue weighted by Crippen LogP contribution is 2.25. The molecule has 1 aromatic rings. The minimum atomic E-state index is -3.46. The van der Waals surface area contributed by atoms with Crippen molar-refractivity contribution in [2.45, 2.75) is 38.1 Å². The highest BCUT2D eigenvalue weighted by Gasteiger charge is 2.27. The average molecular weight is 361 g/mol. The van der Waals surface area contributed by atoms with Crippen molar-refractivity contribution in [2.75, 3.05) is 13.1 Å². The number of sulfonamides is 1. The lowest BCUT2D eigenvalue weighted by Gasteiger charge is -2.30. The van der Waals surface area contributed by atoms with E-state index in [1.54, 1.807) is 6.07 Å². The molecule has 2 unspecified atom stereocenters. The molecule has 0 amide bonds. The fourth-order valence-electron chi connectivity index (χ4n) is 2.50. The first-order chi connectivity index (χ1) is 9.31. The molecule has 112 valence electrons. The smallest absolute Gasteiger partial charge is 0.241 e. The Balaban J connectivity index is 2.28. The van der Waals surface area contributed by atoms with Gasteiger partial charge in [-0.3, -0.25) is 0 Å². The molecular weight excluding hydrogens is 340 g/mol. The van der Waals surface area contributed by atoms with Crippen molar-refractivity contribution in [3.8, 4) is 0 Å². The van der Waals surface area contributed by atoms with Crippen LogP contribution in [0.4, 0.5) is 0 Å². The van der Waals surface area contributed by atoms with Crippen molar-refractivity contribution in [2.24, 2.45) is 5.92 Å². The number of piperidine rings is 1. The highest BCUT2D eigenvalue weighted by atomic mass is 79.9. The van der Waals surface area contributed by atoms with Gasteiger partial charge in [-0.2, -0.15) is 0 Å². The lowest BCUT2D eigenvalue weighted by Crippen LogP contribution is -2.48. The van der Waals surface area contributed by atoms with Gasteiger partial charge in [0.05, 0.1) is 4.90 Å².